The summed E-state index contributed by atoms with van der Waals surface area (Å²) in [6.07, 6.45) is 1.65. The first-order valence-corrected chi connectivity index (χ1v) is 7.13. The Hall–Kier alpha value is -1.30. The molecule has 0 saturated carbocycles. The Morgan fingerprint density at radius 2 is 2.10 bits per heavy atom. The van der Waals surface area contributed by atoms with Crippen LogP contribution in [0.15, 0.2) is 39.4 Å². The minimum absolute atomic E-state index is 0.210. The van der Waals surface area contributed by atoms with Crippen molar-refractivity contribution < 1.29 is 13.9 Å². The maximum Gasteiger partial charge on any atom is 0.133 e. The molecule has 1 heterocycles. The van der Waals surface area contributed by atoms with Crippen molar-refractivity contribution in [2.45, 2.75) is 13.0 Å². The van der Waals surface area contributed by atoms with Gasteiger partial charge in [0.05, 0.1) is 23.4 Å². The summed E-state index contributed by atoms with van der Waals surface area (Å²) >= 11 is 3.50. The molecule has 0 amide bonds. The van der Waals surface area contributed by atoms with Crippen LogP contribution in [0.4, 0.5) is 0 Å². The van der Waals surface area contributed by atoms with Gasteiger partial charge in [-0.15, -0.1) is 0 Å². The van der Waals surface area contributed by atoms with Crippen molar-refractivity contribution >= 4 is 15.9 Å². The summed E-state index contributed by atoms with van der Waals surface area (Å²) in [4.78, 5) is 0. The van der Waals surface area contributed by atoms with Crippen LogP contribution >= 0.6 is 15.9 Å². The van der Waals surface area contributed by atoms with E-state index >= 15 is 0 Å². The number of rotatable bonds is 6. The molecule has 1 aromatic heterocycles. The highest BCUT2D eigenvalue weighted by atomic mass is 79.9. The number of hydrogen-bond acceptors (Lipinski definition) is 4. The summed E-state index contributed by atoms with van der Waals surface area (Å²) in [6.45, 7) is 2.98. The zero-order valence-electron chi connectivity index (χ0n) is 11.6. The van der Waals surface area contributed by atoms with Crippen LogP contribution in [0.3, 0.4) is 0 Å². The highest BCUT2D eigenvalue weighted by Gasteiger charge is 2.15. The second-order valence-corrected chi connectivity index (χ2v) is 5.30. The monoisotopic (exact) mass is 339 g/mol. The van der Waals surface area contributed by atoms with E-state index in [1.807, 2.05) is 31.2 Å². The SMILES string of the molecule is COCCOc1ccc(C(N)c2ccoc2C)cc1Br. The minimum Gasteiger partial charge on any atom is -0.490 e. The van der Waals surface area contributed by atoms with Gasteiger partial charge in [-0.2, -0.15) is 0 Å². The summed E-state index contributed by atoms with van der Waals surface area (Å²) in [6, 6.07) is 7.53. The van der Waals surface area contributed by atoms with Gasteiger partial charge in [0.1, 0.15) is 18.1 Å². The van der Waals surface area contributed by atoms with E-state index in [9.17, 15) is 0 Å². The van der Waals surface area contributed by atoms with E-state index in [4.69, 9.17) is 19.6 Å². The molecule has 5 heteroatoms. The fourth-order valence-corrected chi connectivity index (χ4v) is 2.47. The number of methoxy groups -OCH3 is 1. The number of furan rings is 1. The molecule has 2 rings (SSSR count). The lowest BCUT2D eigenvalue weighted by Gasteiger charge is -2.14. The molecule has 0 bridgehead atoms. The number of halogens is 1. The third-order valence-corrected chi connectivity index (χ3v) is 3.71. The van der Waals surface area contributed by atoms with E-state index in [1.54, 1.807) is 13.4 Å². The van der Waals surface area contributed by atoms with Gasteiger partial charge in [-0.1, -0.05) is 6.07 Å². The van der Waals surface area contributed by atoms with E-state index in [1.165, 1.54) is 0 Å². The van der Waals surface area contributed by atoms with Crippen LogP contribution in [0.25, 0.3) is 0 Å². The topological polar surface area (TPSA) is 57.6 Å². The zero-order valence-corrected chi connectivity index (χ0v) is 13.1. The standard InChI is InChI=1S/C15H18BrNO3/c1-10-12(5-6-19-10)15(17)11-3-4-14(13(16)9-11)20-8-7-18-2/h3-6,9,15H,7-8,17H2,1-2H3. The number of ether oxygens (including phenoxy) is 2. The average Bonchev–Trinajstić information content (AvgIpc) is 2.86. The maximum absolute atomic E-state index is 6.26. The van der Waals surface area contributed by atoms with Crippen molar-refractivity contribution in [1.29, 1.82) is 0 Å². The van der Waals surface area contributed by atoms with Crippen molar-refractivity contribution in [2.75, 3.05) is 20.3 Å². The number of nitrogens with two attached hydrogens (primary N) is 1. The molecule has 20 heavy (non-hydrogen) atoms. The van der Waals surface area contributed by atoms with Gasteiger partial charge < -0.3 is 19.6 Å². The summed E-state index contributed by atoms with van der Waals surface area (Å²) in [5.41, 5.74) is 8.25. The number of benzene rings is 1. The van der Waals surface area contributed by atoms with Crippen molar-refractivity contribution in [2.24, 2.45) is 5.73 Å². The predicted molar refractivity (Wildman–Crippen MR) is 81.0 cm³/mol. The lowest BCUT2D eigenvalue weighted by Crippen LogP contribution is -2.12. The summed E-state index contributed by atoms with van der Waals surface area (Å²) in [7, 11) is 1.65. The van der Waals surface area contributed by atoms with Crippen LogP contribution in [0.1, 0.15) is 22.9 Å². The fourth-order valence-electron chi connectivity index (χ4n) is 1.96. The third kappa shape index (κ3) is 3.42. The molecule has 2 aromatic rings. The van der Waals surface area contributed by atoms with E-state index in [0.717, 1.165) is 27.1 Å². The smallest absolute Gasteiger partial charge is 0.133 e. The van der Waals surface area contributed by atoms with E-state index in [0.29, 0.717) is 13.2 Å². The first-order valence-electron chi connectivity index (χ1n) is 6.34. The van der Waals surface area contributed by atoms with E-state index < -0.39 is 0 Å². The average molecular weight is 340 g/mol. The molecule has 2 N–H and O–H groups in total. The van der Waals surface area contributed by atoms with Crippen LogP contribution in [-0.4, -0.2) is 20.3 Å². The third-order valence-electron chi connectivity index (χ3n) is 3.09. The molecule has 108 valence electrons. The Kier molecular flexibility index (Phi) is 5.23. The zero-order chi connectivity index (χ0) is 14.5. The van der Waals surface area contributed by atoms with Crippen LogP contribution < -0.4 is 10.5 Å². The van der Waals surface area contributed by atoms with E-state index in [2.05, 4.69) is 15.9 Å². The Bertz CT molecular complexity index is 568. The normalized spacial score (nSPS) is 12.4. The Labute approximate surface area is 127 Å². The fraction of sp³-hybridized carbons (Fsp3) is 0.333. The molecule has 0 spiro atoms. The minimum atomic E-state index is -0.210. The highest BCUT2D eigenvalue weighted by Crippen LogP contribution is 2.31. The number of aryl methyl sites for hydroxylation is 1. The Morgan fingerprint density at radius 3 is 2.70 bits per heavy atom. The lowest BCUT2D eigenvalue weighted by atomic mass is 10.0. The Morgan fingerprint density at radius 1 is 1.30 bits per heavy atom. The van der Waals surface area contributed by atoms with Gasteiger partial charge in [-0.25, -0.2) is 0 Å². The molecule has 1 unspecified atom stereocenters. The molecule has 0 aliphatic rings. The van der Waals surface area contributed by atoms with Gasteiger partial charge in [0.2, 0.25) is 0 Å². The molecule has 0 radical (unpaired) electrons. The maximum atomic E-state index is 6.26. The first-order chi connectivity index (χ1) is 9.63. The van der Waals surface area contributed by atoms with E-state index in [-0.39, 0.29) is 6.04 Å². The molecule has 0 aliphatic carbocycles. The molecule has 1 atom stereocenters. The summed E-state index contributed by atoms with van der Waals surface area (Å²) in [5, 5.41) is 0. The van der Waals surface area contributed by atoms with Crippen molar-refractivity contribution in [3.05, 3.63) is 51.9 Å². The van der Waals surface area contributed by atoms with Crippen LogP contribution in [0.5, 0.6) is 5.75 Å². The van der Waals surface area contributed by atoms with Gasteiger partial charge in [-0.3, -0.25) is 0 Å². The molecule has 4 nitrogen and oxygen atoms in total. The molecule has 0 saturated heterocycles. The molecule has 0 fully saturated rings. The van der Waals surface area contributed by atoms with Gasteiger partial charge >= 0.3 is 0 Å². The molecular weight excluding hydrogens is 322 g/mol. The molecule has 0 aliphatic heterocycles. The van der Waals surface area contributed by atoms with Crippen molar-refractivity contribution in [1.82, 2.24) is 0 Å². The Balaban J connectivity index is 2.14. The summed E-state index contributed by atoms with van der Waals surface area (Å²) < 4.78 is 16.7. The second-order valence-electron chi connectivity index (χ2n) is 4.44. The van der Waals surface area contributed by atoms with Gasteiger partial charge in [0, 0.05) is 12.7 Å². The molecule has 1 aromatic carbocycles. The summed E-state index contributed by atoms with van der Waals surface area (Å²) in [5.74, 6) is 1.62. The predicted octanol–water partition coefficient (Wildman–Crippen LogP) is 3.42. The quantitative estimate of drug-likeness (QED) is 0.819. The van der Waals surface area contributed by atoms with Gasteiger partial charge in [-0.05, 0) is 46.6 Å². The largest absolute Gasteiger partial charge is 0.490 e. The van der Waals surface area contributed by atoms with Gasteiger partial charge in [0.15, 0.2) is 0 Å². The van der Waals surface area contributed by atoms with Crippen LogP contribution in [0, 0.1) is 6.92 Å². The van der Waals surface area contributed by atoms with Gasteiger partial charge in [0.25, 0.3) is 0 Å². The lowest BCUT2D eigenvalue weighted by molar-refractivity contribution is 0.146. The van der Waals surface area contributed by atoms with Crippen molar-refractivity contribution in [3.8, 4) is 5.75 Å². The van der Waals surface area contributed by atoms with Crippen LogP contribution in [-0.2, 0) is 4.74 Å². The second kappa shape index (κ2) is 6.92. The number of hydrogen-bond donors (Lipinski definition) is 1. The van der Waals surface area contributed by atoms with Crippen LogP contribution in [0.2, 0.25) is 0 Å². The molecular formula is C15H18BrNO3. The highest BCUT2D eigenvalue weighted by molar-refractivity contribution is 9.10. The first kappa shape index (κ1) is 15.1. The van der Waals surface area contributed by atoms with Crippen molar-refractivity contribution in [3.63, 3.8) is 0 Å².